The molecule has 1 saturated heterocycles. The number of ether oxygens (including phenoxy) is 2. The van der Waals surface area contributed by atoms with Gasteiger partial charge in [-0.3, -0.25) is 0 Å². The van der Waals surface area contributed by atoms with Crippen molar-refractivity contribution in [1.29, 1.82) is 0 Å². The zero-order valence-corrected chi connectivity index (χ0v) is 11.5. The Hall–Kier alpha value is -1.55. The molecule has 1 N–H and O–H groups in total. The minimum absolute atomic E-state index is 0.249. The lowest BCUT2D eigenvalue weighted by Gasteiger charge is -2.21. The number of carbonyl (C=O) groups is 1. The van der Waals surface area contributed by atoms with E-state index in [4.69, 9.17) is 9.47 Å². The summed E-state index contributed by atoms with van der Waals surface area (Å²) in [4.78, 5) is 11.5. The Labute approximate surface area is 114 Å². The third-order valence-electron chi connectivity index (χ3n) is 3.31. The van der Waals surface area contributed by atoms with Crippen LogP contribution in [0.25, 0.3) is 0 Å². The largest absolute Gasteiger partial charge is 0.478 e. The lowest BCUT2D eigenvalue weighted by molar-refractivity contribution is -0.143. The van der Waals surface area contributed by atoms with Crippen LogP contribution in [0.4, 0.5) is 0 Å². The lowest BCUT2D eigenvalue weighted by atomic mass is 10.0. The normalized spacial score (nSPS) is 20.1. The molecule has 1 aliphatic rings. The van der Waals surface area contributed by atoms with Gasteiger partial charge in [0.25, 0.3) is 0 Å². The van der Waals surface area contributed by atoms with E-state index < -0.39 is 6.10 Å². The molecule has 2 atom stereocenters. The van der Waals surface area contributed by atoms with E-state index in [0.717, 1.165) is 24.3 Å². The van der Waals surface area contributed by atoms with Crippen molar-refractivity contribution in [3.05, 3.63) is 29.8 Å². The molecule has 0 spiro atoms. The number of cyclic esters (lactones) is 1. The summed E-state index contributed by atoms with van der Waals surface area (Å²) in [5, 5.41) is 3.43. The average molecular weight is 263 g/mol. The van der Waals surface area contributed by atoms with E-state index in [2.05, 4.69) is 19.2 Å². The minimum atomic E-state index is -0.458. The minimum Gasteiger partial charge on any atom is -0.478 e. The van der Waals surface area contributed by atoms with Crippen molar-refractivity contribution in [2.45, 2.75) is 38.8 Å². The number of para-hydroxylation sites is 1. The van der Waals surface area contributed by atoms with Gasteiger partial charge in [0.15, 0.2) is 6.10 Å². The highest BCUT2D eigenvalue weighted by Gasteiger charge is 2.29. The summed E-state index contributed by atoms with van der Waals surface area (Å²) in [7, 11) is 0. The Bertz CT molecular complexity index is 433. The Morgan fingerprint density at radius 3 is 2.84 bits per heavy atom. The third kappa shape index (κ3) is 3.26. The zero-order chi connectivity index (χ0) is 13.7. The van der Waals surface area contributed by atoms with Crippen LogP contribution < -0.4 is 10.1 Å². The molecule has 1 heterocycles. The predicted octanol–water partition coefficient (Wildman–Crippen LogP) is 2.44. The van der Waals surface area contributed by atoms with Crippen LogP contribution in [0.1, 0.15) is 38.3 Å². The highest BCUT2D eigenvalue weighted by molar-refractivity contribution is 5.76. The number of esters is 1. The van der Waals surface area contributed by atoms with Crippen molar-refractivity contribution in [2.24, 2.45) is 0 Å². The second-order valence-electron chi connectivity index (χ2n) is 4.62. The van der Waals surface area contributed by atoms with E-state index in [9.17, 15) is 4.79 Å². The van der Waals surface area contributed by atoms with E-state index in [1.54, 1.807) is 0 Å². The monoisotopic (exact) mass is 263 g/mol. The number of benzene rings is 1. The van der Waals surface area contributed by atoms with Gasteiger partial charge in [-0.1, -0.05) is 32.0 Å². The van der Waals surface area contributed by atoms with Gasteiger partial charge in [-0.2, -0.15) is 0 Å². The molecule has 2 unspecified atom stereocenters. The highest BCUT2D eigenvalue weighted by atomic mass is 16.6. The van der Waals surface area contributed by atoms with E-state index >= 15 is 0 Å². The Kier molecular flexibility index (Phi) is 4.80. The number of rotatable bonds is 6. The predicted molar refractivity (Wildman–Crippen MR) is 73.1 cm³/mol. The highest BCUT2D eigenvalue weighted by Crippen LogP contribution is 2.29. The number of carbonyl (C=O) groups excluding carboxylic acids is 1. The SMILES string of the molecule is CCNC(CC)c1ccccc1OC1CCOC1=O. The average Bonchev–Trinajstić information content (AvgIpc) is 2.83. The Morgan fingerprint density at radius 1 is 1.42 bits per heavy atom. The standard InChI is InChI=1S/C15H21NO3/c1-3-12(16-4-2)11-7-5-6-8-13(11)19-14-9-10-18-15(14)17/h5-8,12,14,16H,3-4,9-10H2,1-2H3. The molecule has 1 aliphatic heterocycles. The van der Waals surface area contributed by atoms with Gasteiger partial charge >= 0.3 is 5.97 Å². The lowest BCUT2D eigenvalue weighted by Crippen LogP contribution is -2.25. The first-order chi connectivity index (χ1) is 9.26. The van der Waals surface area contributed by atoms with E-state index in [-0.39, 0.29) is 12.0 Å². The fourth-order valence-corrected chi connectivity index (χ4v) is 2.33. The maximum atomic E-state index is 11.5. The van der Waals surface area contributed by atoms with E-state index in [0.29, 0.717) is 13.0 Å². The van der Waals surface area contributed by atoms with Crippen LogP contribution in [0.5, 0.6) is 5.75 Å². The van der Waals surface area contributed by atoms with Crippen LogP contribution in [-0.2, 0) is 9.53 Å². The topological polar surface area (TPSA) is 47.6 Å². The maximum Gasteiger partial charge on any atom is 0.347 e. The first kappa shape index (κ1) is 13.9. The van der Waals surface area contributed by atoms with Crippen LogP contribution in [0.2, 0.25) is 0 Å². The molecule has 1 aromatic carbocycles. The molecule has 1 fully saturated rings. The van der Waals surface area contributed by atoms with Crippen LogP contribution in [0.3, 0.4) is 0 Å². The van der Waals surface area contributed by atoms with Crippen molar-refractivity contribution in [3.8, 4) is 5.75 Å². The number of hydrogen-bond donors (Lipinski definition) is 1. The van der Waals surface area contributed by atoms with Crippen molar-refractivity contribution in [2.75, 3.05) is 13.2 Å². The molecule has 2 rings (SSSR count). The first-order valence-corrected chi connectivity index (χ1v) is 6.91. The molecule has 104 valence electrons. The molecule has 4 heteroatoms. The van der Waals surface area contributed by atoms with Gasteiger partial charge in [0, 0.05) is 18.0 Å². The molecular weight excluding hydrogens is 242 g/mol. The summed E-state index contributed by atoms with van der Waals surface area (Å²) in [5.74, 6) is 0.519. The molecule has 4 nitrogen and oxygen atoms in total. The van der Waals surface area contributed by atoms with Crippen molar-refractivity contribution in [3.63, 3.8) is 0 Å². The molecule has 1 aromatic rings. The fourth-order valence-electron chi connectivity index (χ4n) is 2.33. The molecule has 0 saturated carbocycles. The van der Waals surface area contributed by atoms with Gasteiger partial charge in [-0.05, 0) is 19.0 Å². The summed E-state index contributed by atoms with van der Waals surface area (Å²) in [6.45, 7) is 5.57. The molecule has 0 amide bonds. The van der Waals surface area contributed by atoms with Gasteiger partial charge in [0.2, 0.25) is 0 Å². The summed E-state index contributed by atoms with van der Waals surface area (Å²) in [6, 6.07) is 8.14. The van der Waals surface area contributed by atoms with Crippen LogP contribution in [0.15, 0.2) is 24.3 Å². The first-order valence-electron chi connectivity index (χ1n) is 6.91. The second kappa shape index (κ2) is 6.57. The fraction of sp³-hybridized carbons (Fsp3) is 0.533. The van der Waals surface area contributed by atoms with Gasteiger partial charge < -0.3 is 14.8 Å². The summed E-state index contributed by atoms with van der Waals surface area (Å²) in [5.41, 5.74) is 1.10. The molecule has 0 bridgehead atoms. The third-order valence-corrected chi connectivity index (χ3v) is 3.31. The molecule has 0 aromatic heterocycles. The van der Waals surface area contributed by atoms with Crippen LogP contribution in [0, 0.1) is 0 Å². The van der Waals surface area contributed by atoms with Crippen LogP contribution >= 0.6 is 0 Å². The van der Waals surface area contributed by atoms with Gasteiger partial charge in [-0.25, -0.2) is 4.79 Å². The molecule has 0 aliphatic carbocycles. The summed E-state index contributed by atoms with van der Waals surface area (Å²) in [6.07, 6.45) is 1.15. The molecular formula is C15H21NO3. The second-order valence-corrected chi connectivity index (χ2v) is 4.62. The van der Waals surface area contributed by atoms with Gasteiger partial charge in [-0.15, -0.1) is 0 Å². The number of nitrogens with one attached hydrogen (secondary N) is 1. The molecule has 0 radical (unpaired) electrons. The quantitative estimate of drug-likeness (QED) is 0.801. The maximum absolute atomic E-state index is 11.5. The van der Waals surface area contributed by atoms with Crippen molar-refractivity contribution in [1.82, 2.24) is 5.32 Å². The Morgan fingerprint density at radius 2 is 2.21 bits per heavy atom. The smallest absolute Gasteiger partial charge is 0.347 e. The van der Waals surface area contributed by atoms with Crippen LogP contribution in [-0.4, -0.2) is 25.2 Å². The van der Waals surface area contributed by atoms with E-state index in [1.807, 2.05) is 24.3 Å². The van der Waals surface area contributed by atoms with Gasteiger partial charge in [0.1, 0.15) is 5.75 Å². The summed E-state index contributed by atoms with van der Waals surface area (Å²) < 4.78 is 10.8. The number of hydrogen-bond acceptors (Lipinski definition) is 4. The van der Waals surface area contributed by atoms with E-state index in [1.165, 1.54) is 0 Å². The summed E-state index contributed by atoms with van der Waals surface area (Å²) >= 11 is 0. The van der Waals surface area contributed by atoms with Crippen molar-refractivity contribution < 1.29 is 14.3 Å². The zero-order valence-electron chi connectivity index (χ0n) is 11.5. The van der Waals surface area contributed by atoms with Gasteiger partial charge in [0.05, 0.1) is 6.61 Å². The van der Waals surface area contributed by atoms with Crippen molar-refractivity contribution >= 4 is 5.97 Å². The molecule has 19 heavy (non-hydrogen) atoms. The Balaban J connectivity index is 2.17.